The largest absolute Gasteiger partial charge is 0.497 e. The molecule has 0 heterocycles. The van der Waals surface area contributed by atoms with Crippen LogP contribution in [0.2, 0.25) is 19.6 Å². The number of benzene rings is 1. The Morgan fingerprint density at radius 1 is 1.06 bits per heavy atom. The fourth-order valence-corrected chi connectivity index (χ4v) is 4.53. The first-order valence-corrected chi connectivity index (χ1v) is 10.7. The summed E-state index contributed by atoms with van der Waals surface area (Å²) in [7, 11) is 0.472. The van der Waals surface area contributed by atoms with Crippen molar-refractivity contribution >= 4 is 13.3 Å². The third-order valence-corrected chi connectivity index (χ3v) is 6.11. The fourth-order valence-electron chi connectivity index (χ4n) is 3.00. The van der Waals surface area contributed by atoms with Gasteiger partial charge < -0.3 is 4.74 Å². The zero-order valence-electron chi connectivity index (χ0n) is 12.3. The molecule has 1 saturated carbocycles. The van der Waals surface area contributed by atoms with E-state index < -0.39 is 8.07 Å². The third kappa shape index (κ3) is 2.97. The lowest BCUT2D eigenvalue weighted by Crippen LogP contribution is -2.39. The van der Waals surface area contributed by atoms with Gasteiger partial charge in [-0.1, -0.05) is 51.0 Å². The molecule has 100 valence electrons. The van der Waals surface area contributed by atoms with E-state index in [-0.39, 0.29) is 0 Å². The van der Waals surface area contributed by atoms with Gasteiger partial charge in [0.2, 0.25) is 0 Å². The number of rotatable bonds is 3. The molecule has 1 fully saturated rings. The first kappa shape index (κ1) is 13.7. The van der Waals surface area contributed by atoms with Gasteiger partial charge in [0, 0.05) is 0 Å². The van der Waals surface area contributed by atoms with Crippen molar-refractivity contribution in [3.63, 3.8) is 0 Å². The van der Waals surface area contributed by atoms with Gasteiger partial charge in [0.1, 0.15) is 5.75 Å². The normalized spacial score (nSPS) is 17.8. The SMILES string of the molecule is COc1ccc(C2CCCCC2)cc1[Si](C)(C)C. The van der Waals surface area contributed by atoms with E-state index in [0.717, 1.165) is 11.7 Å². The summed E-state index contributed by atoms with van der Waals surface area (Å²) in [5.41, 5.74) is 1.55. The minimum absolute atomic E-state index is 0.791. The van der Waals surface area contributed by atoms with Gasteiger partial charge >= 0.3 is 0 Å². The Balaban J connectivity index is 2.33. The van der Waals surface area contributed by atoms with Crippen molar-refractivity contribution in [3.05, 3.63) is 23.8 Å². The number of methoxy groups -OCH3 is 1. The van der Waals surface area contributed by atoms with Crippen LogP contribution in [0.5, 0.6) is 5.75 Å². The molecular weight excluding hydrogens is 236 g/mol. The summed E-state index contributed by atoms with van der Waals surface area (Å²) in [6, 6.07) is 6.93. The van der Waals surface area contributed by atoms with E-state index in [1.807, 2.05) is 0 Å². The van der Waals surface area contributed by atoms with Gasteiger partial charge in [-0.15, -0.1) is 0 Å². The molecule has 1 aliphatic carbocycles. The van der Waals surface area contributed by atoms with Crippen LogP contribution in [0, 0.1) is 0 Å². The summed E-state index contributed by atoms with van der Waals surface area (Å²) in [5, 5.41) is 1.48. The van der Waals surface area contributed by atoms with Gasteiger partial charge in [0.05, 0.1) is 15.2 Å². The van der Waals surface area contributed by atoms with Crippen LogP contribution in [0.25, 0.3) is 0 Å². The van der Waals surface area contributed by atoms with E-state index in [9.17, 15) is 0 Å². The minimum Gasteiger partial charge on any atom is -0.497 e. The molecule has 0 bridgehead atoms. The van der Waals surface area contributed by atoms with Crippen molar-refractivity contribution in [2.75, 3.05) is 7.11 Å². The Bertz CT molecular complexity index is 400. The van der Waals surface area contributed by atoms with E-state index in [1.165, 1.54) is 37.3 Å². The highest BCUT2D eigenvalue weighted by molar-refractivity contribution is 6.89. The first-order chi connectivity index (χ1) is 8.52. The van der Waals surface area contributed by atoms with Gasteiger partial charge in [-0.05, 0) is 35.6 Å². The Morgan fingerprint density at radius 3 is 2.28 bits per heavy atom. The zero-order chi connectivity index (χ0) is 13.2. The maximum absolute atomic E-state index is 5.55. The highest BCUT2D eigenvalue weighted by atomic mass is 28.3. The van der Waals surface area contributed by atoms with Gasteiger partial charge in [0.25, 0.3) is 0 Å². The molecule has 2 heteroatoms. The number of ether oxygens (including phenoxy) is 1. The van der Waals surface area contributed by atoms with Gasteiger partial charge in [-0.3, -0.25) is 0 Å². The van der Waals surface area contributed by atoms with Crippen molar-refractivity contribution < 1.29 is 4.74 Å². The third-order valence-electron chi connectivity index (χ3n) is 4.11. The van der Waals surface area contributed by atoms with Crippen LogP contribution in [-0.4, -0.2) is 15.2 Å². The summed E-state index contributed by atoms with van der Waals surface area (Å²) >= 11 is 0. The molecule has 0 aliphatic heterocycles. The molecule has 18 heavy (non-hydrogen) atoms. The fraction of sp³-hybridized carbons (Fsp3) is 0.625. The van der Waals surface area contributed by atoms with Gasteiger partial charge in [0.15, 0.2) is 0 Å². The molecule has 1 aromatic rings. The number of hydrogen-bond acceptors (Lipinski definition) is 1. The smallest absolute Gasteiger partial charge is 0.118 e. The van der Waals surface area contributed by atoms with E-state index in [4.69, 9.17) is 4.74 Å². The topological polar surface area (TPSA) is 9.23 Å². The van der Waals surface area contributed by atoms with Gasteiger partial charge in [-0.2, -0.15) is 0 Å². The highest BCUT2D eigenvalue weighted by Gasteiger charge is 2.23. The maximum atomic E-state index is 5.55. The molecule has 0 aromatic heterocycles. The molecule has 0 atom stereocenters. The molecule has 0 unspecified atom stereocenters. The van der Waals surface area contributed by atoms with Gasteiger partial charge in [-0.25, -0.2) is 0 Å². The molecule has 1 aliphatic rings. The minimum atomic E-state index is -1.32. The highest BCUT2D eigenvalue weighted by Crippen LogP contribution is 2.33. The molecule has 0 N–H and O–H groups in total. The first-order valence-electron chi connectivity index (χ1n) is 7.21. The monoisotopic (exact) mass is 262 g/mol. The summed E-state index contributed by atoms with van der Waals surface area (Å²) in [5.74, 6) is 1.88. The second-order valence-corrected chi connectivity index (χ2v) is 11.6. The van der Waals surface area contributed by atoms with Crippen LogP contribution in [0.4, 0.5) is 0 Å². The van der Waals surface area contributed by atoms with Crippen LogP contribution >= 0.6 is 0 Å². The Morgan fingerprint density at radius 2 is 1.72 bits per heavy atom. The van der Waals surface area contributed by atoms with E-state index in [0.29, 0.717) is 0 Å². The van der Waals surface area contributed by atoms with E-state index in [2.05, 4.69) is 37.8 Å². The van der Waals surface area contributed by atoms with E-state index in [1.54, 1.807) is 12.7 Å². The lowest BCUT2D eigenvalue weighted by Gasteiger charge is -2.26. The molecule has 0 saturated heterocycles. The van der Waals surface area contributed by atoms with Crippen molar-refractivity contribution in [1.82, 2.24) is 0 Å². The predicted molar refractivity (Wildman–Crippen MR) is 81.8 cm³/mol. The van der Waals surface area contributed by atoms with Crippen molar-refractivity contribution in [3.8, 4) is 5.75 Å². The summed E-state index contributed by atoms with van der Waals surface area (Å²) in [6.07, 6.45) is 6.97. The van der Waals surface area contributed by atoms with Crippen molar-refractivity contribution in [2.45, 2.75) is 57.7 Å². The molecule has 0 amide bonds. The Kier molecular flexibility index (Phi) is 4.16. The summed E-state index contributed by atoms with van der Waals surface area (Å²) in [6.45, 7) is 7.19. The van der Waals surface area contributed by atoms with E-state index >= 15 is 0 Å². The Hall–Kier alpha value is -0.763. The molecule has 0 spiro atoms. The molecule has 1 nitrogen and oxygen atoms in total. The molecule has 2 rings (SSSR count). The molecule has 1 aromatic carbocycles. The quantitative estimate of drug-likeness (QED) is 0.738. The predicted octanol–water partition coefficient (Wildman–Crippen LogP) is 4.29. The van der Waals surface area contributed by atoms with Crippen molar-refractivity contribution in [1.29, 1.82) is 0 Å². The van der Waals surface area contributed by atoms with Crippen molar-refractivity contribution in [2.24, 2.45) is 0 Å². The second-order valence-electron chi connectivity index (χ2n) is 6.54. The lowest BCUT2D eigenvalue weighted by molar-refractivity contribution is 0.416. The average Bonchev–Trinajstić information content (AvgIpc) is 2.38. The standard InChI is InChI=1S/C16H26OSi/c1-17-15-11-10-14(12-16(15)18(2,3)4)13-8-6-5-7-9-13/h10-13H,5-9H2,1-4H3. The number of hydrogen-bond donors (Lipinski definition) is 0. The van der Waals surface area contributed by atoms with Crippen LogP contribution < -0.4 is 9.92 Å². The zero-order valence-corrected chi connectivity index (χ0v) is 13.3. The lowest BCUT2D eigenvalue weighted by atomic mass is 9.84. The second kappa shape index (κ2) is 5.48. The summed E-state index contributed by atoms with van der Waals surface area (Å²) in [4.78, 5) is 0. The maximum Gasteiger partial charge on any atom is 0.118 e. The van der Waals surface area contributed by atoms with Crippen LogP contribution in [0.15, 0.2) is 18.2 Å². The average molecular weight is 262 g/mol. The Labute approximate surface area is 113 Å². The summed E-state index contributed by atoms with van der Waals surface area (Å²) < 4.78 is 5.55. The van der Waals surface area contributed by atoms with Crippen LogP contribution in [0.1, 0.15) is 43.6 Å². The molecule has 0 radical (unpaired) electrons. The van der Waals surface area contributed by atoms with Crippen LogP contribution in [-0.2, 0) is 0 Å². The van der Waals surface area contributed by atoms with Crippen LogP contribution in [0.3, 0.4) is 0 Å². The molecular formula is C16H26OSi.